The highest BCUT2D eigenvalue weighted by Gasteiger charge is 2.30. The lowest BCUT2D eigenvalue weighted by Gasteiger charge is -2.32. The van der Waals surface area contributed by atoms with Gasteiger partial charge in [0.1, 0.15) is 12.4 Å². The van der Waals surface area contributed by atoms with Crippen molar-refractivity contribution in [1.82, 2.24) is 0 Å². The summed E-state index contributed by atoms with van der Waals surface area (Å²) in [6, 6.07) is 25.6. The molecule has 0 spiro atoms. The van der Waals surface area contributed by atoms with Crippen molar-refractivity contribution in [1.29, 1.82) is 0 Å². The molecule has 0 radical (unpaired) electrons. The Morgan fingerprint density at radius 3 is 2.25 bits per heavy atom. The van der Waals surface area contributed by atoms with Gasteiger partial charge in [0, 0.05) is 16.9 Å². The van der Waals surface area contributed by atoms with Crippen LogP contribution in [0.1, 0.15) is 63.3 Å². The van der Waals surface area contributed by atoms with Crippen molar-refractivity contribution in [2.24, 2.45) is 4.99 Å². The molecule has 0 aliphatic rings. The molecule has 3 aromatic carbocycles. The topological polar surface area (TPSA) is 21.6 Å². The van der Waals surface area contributed by atoms with Gasteiger partial charge in [0.05, 0.1) is 5.54 Å². The summed E-state index contributed by atoms with van der Waals surface area (Å²) >= 11 is 0. The van der Waals surface area contributed by atoms with E-state index in [0.29, 0.717) is 15.2 Å². The molecule has 168 valence electrons. The Hall–Kier alpha value is -2.44. The lowest BCUT2D eigenvalue weighted by molar-refractivity contribution is 0.297. The van der Waals surface area contributed by atoms with Gasteiger partial charge >= 0.3 is 0 Å². The number of rotatable bonds is 8. The fourth-order valence-electron chi connectivity index (χ4n) is 3.64. The summed E-state index contributed by atoms with van der Waals surface area (Å²) < 4.78 is 6.44. The quantitative estimate of drug-likeness (QED) is 0.261. The first kappa shape index (κ1) is 24.2. The maximum atomic E-state index is 6.44. The second-order valence-electron chi connectivity index (χ2n) is 9.55. The third kappa shape index (κ3) is 6.30. The van der Waals surface area contributed by atoms with Gasteiger partial charge in [0.25, 0.3) is 0 Å². The summed E-state index contributed by atoms with van der Waals surface area (Å²) in [5.41, 5.74) is 4.78. The molecule has 0 amide bonds. The van der Waals surface area contributed by atoms with Crippen molar-refractivity contribution in [2.75, 3.05) is 0 Å². The molecule has 0 saturated heterocycles. The third-order valence-electron chi connectivity index (χ3n) is 5.70. The molecule has 0 fully saturated rings. The Kier molecular flexibility index (Phi) is 7.91. The highest BCUT2D eigenvalue weighted by atomic mass is 31.1. The fraction of sp³-hybridized carbons (Fsp3) is 0.345. The molecular weight excluding hydrogens is 409 g/mol. The number of para-hydroxylation sites is 1. The number of aryl methyl sites for hydroxylation is 1. The van der Waals surface area contributed by atoms with Crippen LogP contribution in [0.5, 0.6) is 5.75 Å². The molecule has 3 aromatic rings. The van der Waals surface area contributed by atoms with Crippen LogP contribution in [0.15, 0.2) is 77.8 Å². The van der Waals surface area contributed by atoms with Gasteiger partial charge in [0.2, 0.25) is 0 Å². The van der Waals surface area contributed by atoms with E-state index in [9.17, 15) is 0 Å². The Morgan fingerprint density at radius 1 is 0.875 bits per heavy atom. The van der Waals surface area contributed by atoms with Crippen LogP contribution in [0.25, 0.3) is 0 Å². The molecule has 0 aromatic heterocycles. The van der Waals surface area contributed by atoms with Crippen molar-refractivity contribution in [3.63, 3.8) is 0 Å². The Labute approximate surface area is 195 Å². The van der Waals surface area contributed by atoms with Crippen LogP contribution in [0.3, 0.4) is 0 Å². The van der Waals surface area contributed by atoms with Crippen LogP contribution in [0, 0.1) is 6.92 Å². The third-order valence-corrected chi connectivity index (χ3v) is 7.60. The predicted octanol–water partition coefficient (Wildman–Crippen LogP) is 7.42. The normalized spacial score (nSPS) is 14.2. The van der Waals surface area contributed by atoms with Crippen molar-refractivity contribution in [2.45, 2.75) is 65.3 Å². The molecule has 0 aliphatic heterocycles. The average Bonchev–Trinajstić information content (AvgIpc) is 2.77. The maximum absolute atomic E-state index is 6.44. The standard InChI is InChI=1S/C29H36NOP/c1-7-29(6,32-26-19-12-11-17-24(26)20-30-28(3,4)5)25-18-13-14-22(2)27(25)31-21-23-15-9-8-10-16-23/h8-20,32H,7,21H2,1-6H3. The highest BCUT2D eigenvalue weighted by molar-refractivity contribution is 7.48. The molecule has 2 nitrogen and oxygen atoms in total. The number of hydrogen-bond donors (Lipinski definition) is 0. The van der Waals surface area contributed by atoms with Crippen LogP contribution < -0.4 is 10.0 Å². The lowest BCUT2D eigenvalue weighted by Crippen LogP contribution is -2.21. The lowest BCUT2D eigenvalue weighted by atomic mass is 9.94. The molecular formula is C29H36NOP. The maximum Gasteiger partial charge on any atom is 0.126 e. The van der Waals surface area contributed by atoms with E-state index in [1.807, 2.05) is 12.3 Å². The van der Waals surface area contributed by atoms with Gasteiger partial charge in [0.15, 0.2) is 0 Å². The zero-order chi connectivity index (χ0) is 23.2. The van der Waals surface area contributed by atoms with Gasteiger partial charge in [-0.1, -0.05) is 95.2 Å². The van der Waals surface area contributed by atoms with E-state index < -0.39 is 0 Å². The molecule has 0 aliphatic carbocycles. The SMILES string of the molecule is CCC(C)(Pc1ccccc1C=NC(C)(C)C)c1cccc(C)c1OCc1ccccc1. The summed E-state index contributed by atoms with van der Waals surface area (Å²) in [5.74, 6) is 1.02. The van der Waals surface area contributed by atoms with E-state index in [4.69, 9.17) is 9.73 Å². The smallest absolute Gasteiger partial charge is 0.126 e. The van der Waals surface area contributed by atoms with Crippen LogP contribution in [-0.2, 0) is 11.8 Å². The first-order valence-corrected chi connectivity index (χ1v) is 12.4. The molecule has 0 heterocycles. The van der Waals surface area contributed by atoms with Crippen LogP contribution in [-0.4, -0.2) is 11.8 Å². The van der Waals surface area contributed by atoms with Crippen molar-refractivity contribution < 1.29 is 4.74 Å². The van der Waals surface area contributed by atoms with Gasteiger partial charge in [-0.3, -0.25) is 4.99 Å². The number of nitrogens with zero attached hydrogens (tertiary/aromatic N) is 1. The zero-order valence-corrected chi connectivity index (χ0v) is 21.3. The predicted molar refractivity (Wildman–Crippen MR) is 141 cm³/mol. The first-order chi connectivity index (χ1) is 15.2. The van der Waals surface area contributed by atoms with Gasteiger partial charge in [-0.2, -0.15) is 0 Å². The Balaban J connectivity index is 1.94. The molecule has 0 bridgehead atoms. The first-order valence-electron chi connectivity index (χ1n) is 11.4. The van der Waals surface area contributed by atoms with Crippen LogP contribution >= 0.6 is 8.58 Å². The Morgan fingerprint density at radius 2 is 1.56 bits per heavy atom. The molecule has 2 atom stereocenters. The molecule has 3 rings (SSSR count). The minimum absolute atomic E-state index is 0.0241. The minimum atomic E-state index is -0.0841. The summed E-state index contributed by atoms with van der Waals surface area (Å²) in [4.78, 5) is 4.77. The monoisotopic (exact) mass is 445 g/mol. The molecule has 32 heavy (non-hydrogen) atoms. The van der Waals surface area contributed by atoms with Crippen LogP contribution in [0.4, 0.5) is 0 Å². The number of ether oxygens (including phenoxy) is 1. The van der Waals surface area contributed by atoms with Crippen LogP contribution in [0.2, 0.25) is 0 Å². The van der Waals surface area contributed by atoms with E-state index in [1.165, 1.54) is 27.6 Å². The summed E-state index contributed by atoms with van der Waals surface area (Å²) in [6.07, 6.45) is 3.07. The molecule has 0 N–H and O–H groups in total. The highest BCUT2D eigenvalue weighted by Crippen LogP contribution is 2.48. The van der Waals surface area contributed by atoms with E-state index in [2.05, 4.69) is 108 Å². The van der Waals surface area contributed by atoms with Crippen molar-refractivity contribution >= 4 is 20.1 Å². The second kappa shape index (κ2) is 10.5. The minimum Gasteiger partial charge on any atom is -0.488 e. The Bertz CT molecular complexity index is 1050. The number of benzene rings is 3. The van der Waals surface area contributed by atoms with Gasteiger partial charge in [-0.05, 0) is 56.1 Å². The summed E-state index contributed by atoms with van der Waals surface area (Å²) in [5, 5.41) is 1.32. The van der Waals surface area contributed by atoms with E-state index in [1.54, 1.807) is 0 Å². The molecule has 2 unspecified atom stereocenters. The molecule has 3 heteroatoms. The average molecular weight is 446 g/mol. The zero-order valence-electron chi connectivity index (χ0n) is 20.3. The number of aliphatic imine (C=N–C) groups is 1. The fourth-order valence-corrected chi connectivity index (χ4v) is 5.21. The van der Waals surface area contributed by atoms with Crippen molar-refractivity contribution in [3.05, 3.63) is 95.1 Å². The van der Waals surface area contributed by atoms with Crippen molar-refractivity contribution in [3.8, 4) is 5.75 Å². The summed E-state index contributed by atoms with van der Waals surface area (Å²) in [7, 11) is 0.611. The van der Waals surface area contributed by atoms with E-state index in [0.717, 1.165) is 12.2 Å². The summed E-state index contributed by atoms with van der Waals surface area (Å²) in [6.45, 7) is 13.8. The second-order valence-corrected chi connectivity index (χ2v) is 11.4. The molecule has 0 saturated carbocycles. The largest absolute Gasteiger partial charge is 0.488 e. The van der Waals surface area contributed by atoms with E-state index in [-0.39, 0.29) is 10.7 Å². The van der Waals surface area contributed by atoms with Gasteiger partial charge in [-0.25, -0.2) is 0 Å². The van der Waals surface area contributed by atoms with Gasteiger partial charge in [-0.15, -0.1) is 0 Å². The van der Waals surface area contributed by atoms with Gasteiger partial charge < -0.3 is 4.74 Å². The number of hydrogen-bond acceptors (Lipinski definition) is 2. The van der Waals surface area contributed by atoms with E-state index >= 15 is 0 Å².